The molecule has 2 aliphatic rings. The molecule has 1 unspecified atom stereocenters. The lowest BCUT2D eigenvalue weighted by atomic mass is 10.2. The Labute approximate surface area is 81.0 Å². The van der Waals surface area contributed by atoms with Crippen molar-refractivity contribution < 1.29 is 0 Å². The fourth-order valence-corrected chi connectivity index (χ4v) is 1.84. The first-order valence-electron chi connectivity index (χ1n) is 4.18. The van der Waals surface area contributed by atoms with E-state index in [1.54, 1.807) is 12.7 Å². The molecule has 68 valence electrons. The van der Waals surface area contributed by atoms with Crippen LogP contribution in [-0.2, 0) is 0 Å². The number of hydrogen-bond donors (Lipinski definition) is 0. The second-order valence-corrected chi connectivity index (χ2v) is 3.93. The second kappa shape index (κ2) is 3.83. The predicted octanol–water partition coefficient (Wildman–Crippen LogP) is 1.03. The number of nitrogens with zero attached hydrogens (tertiary/aromatic N) is 4. The van der Waals surface area contributed by atoms with Crippen molar-refractivity contribution >= 4 is 36.0 Å². The molecule has 0 fully saturated rings. The zero-order valence-corrected chi connectivity index (χ0v) is 8.16. The quantitative estimate of drug-likeness (QED) is 0.662. The minimum absolute atomic E-state index is 0.00375. The van der Waals surface area contributed by atoms with Gasteiger partial charge in [-0.1, -0.05) is 6.92 Å². The SMILES string of the molecule is CCSCC1=NC=NC2=NC=NC12. The van der Waals surface area contributed by atoms with Gasteiger partial charge >= 0.3 is 0 Å². The zero-order valence-electron chi connectivity index (χ0n) is 7.34. The molecule has 0 amide bonds. The number of thioether (sulfide) groups is 1. The van der Waals surface area contributed by atoms with Gasteiger partial charge in [-0.3, -0.25) is 4.99 Å². The molecule has 4 nitrogen and oxygen atoms in total. The van der Waals surface area contributed by atoms with Crippen LogP contribution in [0.4, 0.5) is 0 Å². The molecule has 13 heavy (non-hydrogen) atoms. The zero-order chi connectivity index (χ0) is 9.10. The summed E-state index contributed by atoms with van der Waals surface area (Å²) < 4.78 is 0. The Kier molecular flexibility index (Phi) is 2.54. The summed E-state index contributed by atoms with van der Waals surface area (Å²) in [5.41, 5.74) is 1.06. The lowest BCUT2D eigenvalue weighted by Gasteiger charge is -2.12. The van der Waals surface area contributed by atoms with Crippen molar-refractivity contribution in [3.05, 3.63) is 0 Å². The van der Waals surface area contributed by atoms with Crippen LogP contribution in [0.2, 0.25) is 0 Å². The molecule has 1 atom stereocenters. The fraction of sp³-hybridized carbons (Fsp3) is 0.500. The Morgan fingerprint density at radius 2 is 2.31 bits per heavy atom. The molecule has 2 rings (SSSR count). The van der Waals surface area contributed by atoms with Gasteiger partial charge in [-0.15, -0.1) is 0 Å². The van der Waals surface area contributed by atoms with E-state index in [2.05, 4.69) is 26.9 Å². The third-order valence-electron chi connectivity index (χ3n) is 1.83. The number of aliphatic imine (C=N–C) groups is 4. The van der Waals surface area contributed by atoms with E-state index in [0.717, 1.165) is 23.1 Å². The van der Waals surface area contributed by atoms with Crippen molar-refractivity contribution in [2.24, 2.45) is 20.0 Å². The smallest absolute Gasteiger partial charge is 0.162 e. The Balaban J connectivity index is 2.10. The average molecular weight is 194 g/mol. The van der Waals surface area contributed by atoms with Gasteiger partial charge in [0.1, 0.15) is 12.7 Å². The Morgan fingerprint density at radius 1 is 1.38 bits per heavy atom. The van der Waals surface area contributed by atoms with Crippen molar-refractivity contribution in [3.63, 3.8) is 0 Å². The summed E-state index contributed by atoms with van der Waals surface area (Å²) in [6.07, 6.45) is 3.13. The Morgan fingerprint density at radius 3 is 3.15 bits per heavy atom. The van der Waals surface area contributed by atoms with Gasteiger partial charge in [-0.25, -0.2) is 15.0 Å². The standard InChI is InChI=1S/C8H10N4S/c1-2-13-3-6-7-8(11-4-9-6)12-5-10-7/h4-5,7H,2-3H2,1H3. The van der Waals surface area contributed by atoms with Crippen LogP contribution in [0, 0.1) is 0 Å². The highest BCUT2D eigenvalue weighted by atomic mass is 32.2. The average Bonchev–Trinajstić information content (AvgIpc) is 2.62. The first-order valence-corrected chi connectivity index (χ1v) is 5.33. The van der Waals surface area contributed by atoms with E-state index in [-0.39, 0.29) is 6.04 Å². The van der Waals surface area contributed by atoms with Gasteiger partial charge in [0, 0.05) is 5.75 Å². The number of amidine groups is 1. The van der Waals surface area contributed by atoms with Crippen molar-refractivity contribution in [1.29, 1.82) is 0 Å². The van der Waals surface area contributed by atoms with E-state index in [4.69, 9.17) is 0 Å². The summed E-state index contributed by atoms with van der Waals surface area (Å²) in [7, 11) is 0. The Bertz CT molecular complexity index is 316. The van der Waals surface area contributed by atoms with Crippen LogP contribution in [0.25, 0.3) is 0 Å². The molecule has 0 aromatic carbocycles. The van der Waals surface area contributed by atoms with Crippen LogP contribution in [0.5, 0.6) is 0 Å². The maximum absolute atomic E-state index is 4.22. The van der Waals surface area contributed by atoms with E-state index in [0.29, 0.717) is 0 Å². The van der Waals surface area contributed by atoms with Gasteiger partial charge in [0.25, 0.3) is 0 Å². The highest BCUT2D eigenvalue weighted by Crippen LogP contribution is 2.12. The fourth-order valence-electron chi connectivity index (χ4n) is 1.19. The van der Waals surface area contributed by atoms with Gasteiger partial charge in [-0.2, -0.15) is 11.8 Å². The minimum Gasteiger partial charge on any atom is -0.256 e. The summed E-state index contributed by atoms with van der Waals surface area (Å²) in [4.78, 5) is 16.5. The van der Waals surface area contributed by atoms with Crippen LogP contribution in [0.1, 0.15) is 6.92 Å². The molecule has 2 heterocycles. The van der Waals surface area contributed by atoms with Crippen molar-refractivity contribution in [2.45, 2.75) is 13.0 Å². The van der Waals surface area contributed by atoms with Crippen molar-refractivity contribution in [2.75, 3.05) is 11.5 Å². The highest BCUT2D eigenvalue weighted by molar-refractivity contribution is 7.99. The molecule has 0 spiro atoms. The highest BCUT2D eigenvalue weighted by Gasteiger charge is 2.25. The van der Waals surface area contributed by atoms with Crippen LogP contribution in [-0.4, -0.2) is 41.8 Å². The molecular formula is C8H10N4S. The molecule has 5 heteroatoms. The summed E-state index contributed by atoms with van der Waals surface area (Å²) in [6.45, 7) is 2.13. The first kappa shape index (κ1) is 8.62. The van der Waals surface area contributed by atoms with Crippen LogP contribution in [0.3, 0.4) is 0 Å². The van der Waals surface area contributed by atoms with E-state index in [1.165, 1.54) is 0 Å². The maximum atomic E-state index is 4.22. The van der Waals surface area contributed by atoms with Gasteiger partial charge in [0.15, 0.2) is 11.9 Å². The molecule has 0 aromatic heterocycles. The van der Waals surface area contributed by atoms with E-state index in [9.17, 15) is 0 Å². The lowest BCUT2D eigenvalue weighted by Crippen LogP contribution is -2.29. The van der Waals surface area contributed by atoms with Gasteiger partial charge in [-0.05, 0) is 5.75 Å². The summed E-state index contributed by atoms with van der Waals surface area (Å²) in [5.74, 6) is 2.80. The second-order valence-electron chi connectivity index (χ2n) is 2.66. The summed E-state index contributed by atoms with van der Waals surface area (Å²) >= 11 is 1.84. The van der Waals surface area contributed by atoms with Crippen LogP contribution >= 0.6 is 11.8 Å². The maximum Gasteiger partial charge on any atom is 0.162 e. The molecule has 2 aliphatic heterocycles. The molecular weight excluding hydrogens is 184 g/mol. The molecule has 0 bridgehead atoms. The Hall–Kier alpha value is -0.970. The first-order chi connectivity index (χ1) is 6.42. The number of rotatable bonds is 3. The minimum atomic E-state index is 0.00375. The van der Waals surface area contributed by atoms with E-state index < -0.39 is 0 Å². The van der Waals surface area contributed by atoms with E-state index >= 15 is 0 Å². The molecule has 0 N–H and O–H groups in total. The normalized spacial score (nSPS) is 24.2. The largest absolute Gasteiger partial charge is 0.256 e. The van der Waals surface area contributed by atoms with Gasteiger partial charge < -0.3 is 0 Å². The monoisotopic (exact) mass is 194 g/mol. The third-order valence-corrected chi connectivity index (χ3v) is 2.74. The van der Waals surface area contributed by atoms with Gasteiger partial charge in [0.2, 0.25) is 0 Å². The molecule has 0 saturated carbocycles. The van der Waals surface area contributed by atoms with E-state index in [1.807, 2.05) is 11.8 Å². The molecule has 0 aliphatic carbocycles. The molecule has 0 radical (unpaired) electrons. The van der Waals surface area contributed by atoms with Crippen molar-refractivity contribution in [1.82, 2.24) is 0 Å². The molecule has 0 saturated heterocycles. The topological polar surface area (TPSA) is 49.4 Å². The number of hydrogen-bond acceptors (Lipinski definition) is 5. The van der Waals surface area contributed by atoms with Crippen LogP contribution in [0.15, 0.2) is 20.0 Å². The summed E-state index contributed by atoms with van der Waals surface area (Å²) in [6, 6.07) is 0.00375. The van der Waals surface area contributed by atoms with Crippen LogP contribution < -0.4 is 0 Å². The number of fused-ring (bicyclic) bond motifs is 1. The summed E-state index contributed by atoms with van der Waals surface area (Å²) in [5, 5.41) is 0. The van der Waals surface area contributed by atoms with Gasteiger partial charge in [0.05, 0.1) is 5.71 Å². The lowest BCUT2D eigenvalue weighted by molar-refractivity contribution is 1.13. The predicted molar refractivity (Wildman–Crippen MR) is 58.6 cm³/mol. The van der Waals surface area contributed by atoms with Crippen molar-refractivity contribution in [3.8, 4) is 0 Å². The molecule has 0 aromatic rings. The third kappa shape index (κ3) is 1.70.